The maximum absolute atomic E-state index is 3.49. The van der Waals surface area contributed by atoms with Gasteiger partial charge < -0.3 is 15.2 Å². The number of benzene rings is 1. The van der Waals surface area contributed by atoms with Crippen LogP contribution in [0.4, 0.5) is 0 Å². The van der Waals surface area contributed by atoms with Gasteiger partial charge in [-0.25, -0.2) is 0 Å². The summed E-state index contributed by atoms with van der Waals surface area (Å²) in [6.45, 7) is 5.53. The van der Waals surface area contributed by atoms with Crippen molar-refractivity contribution in [2.24, 2.45) is 0 Å². The monoisotopic (exact) mass is 243 g/mol. The summed E-state index contributed by atoms with van der Waals surface area (Å²) in [4.78, 5) is 5.96. The summed E-state index contributed by atoms with van der Waals surface area (Å²) in [7, 11) is 2.23. The molecule has 3 heteroatoms. The van der Waals surface area contributed by atoms with Gasteiger partial charge in [0.2, 0.25) is 0 Å². The Morgan fingerprint density at radius 2 is 2.17 bits per heavy atom. The van der Waals surface area contributed by atoms with Gasteiger partial charge in [-0.1, -0.05) is 18.2 Å². The molecule has 3 rings (SSSR count). The first kappa shape index (κ1) is 11.8. The van der Waals surface area contributed by atoms with Crippen molar-refractivity contribution in [2.45, 2.75) is 19.4 Å². The number of aromatic nitrogens is 1. The molecule has 1 aliphatic rings. The summed E-state index contributed by atoms with van der Waals surface area (Å²) in [5.74, 6) is 0. The number of hydrogen-bond acceptors (Lipinski definition) is 2. The molecule has 2 heterocycles. The topological polar surface area (TPSA) is 31.1 Å². The number of piperazine rings is 1. The molecular formula is C15H21N3. The Balaban J connectivity index is 1.92. The number of likely N-dealkylation sites (N-methyl/N-ethyl adjacent to an activating group) is 1. The lowest BCUT2D eigenvalue weighted by Crippen LogP contribution is -2.50. The number of nitrogens with zero attached hydrogens (tertiary/aromatic N) is 1. The molecule has 1 aromatic heterocycles. The molecule has 18 heavy (non-hydrogen) atoms. The van der Waals surface area contributed by atoms with E-state index in [1.54, 1.807) is 0 Å². The van der Waals surface area contributed by atoms with E-state index in [4.69, 9.17) is 0 Å². The first-order chi connectivity index (χ1) is 8.75. The highest BCUT2D eigenvalue weighted by molar-refractivity contribution is 5.84. The molecule has 0 amide bonds. The second-order valence-corrected chi connectivity index (χ2v) is 5.32. The van der Waals surface area contributed by atoms with E-state index in [2.05, 4.69) is 53.4 Å². The molecule has 1 aliphatic heterocycles. The second-order valence-electron chi connectivity index (χ2n) is 5.32. The van der Waals surface area contributed by atoms with Crippen molar-refractivity contribution in [3.8, 4) is 0 Å². The Morgan fingerprint density at radius 1 is 1.33 bits per heavy atom. The summed E-state index contributed by atoms with van der Waals surface area (Å²) in [5, 5.41) is 4.88. The van der Waals surface area contributed by atoms with Crippen molar-refractivity contribution < 1.29 is 0 Å². The highest BCUT2D eigenvalue weighted by Crippen LogP contribution is 2.24. The van der Waals surface area contributed by atoms with Gasteiger partial charge in [-0.3, -0.25) is 0 Å². The number of fused-ring (bicyclic) bond motifs is 1. The van der Waals surface area contributed by atoms with Crippen molar-refractivity contribution in [1.29, 1.82) is 0 Å². The van der Waals surface area contributed by atoms with Crippen LogP contribution in [0.1, 0.15) is 11.3 Å². The Bertz CT molecular complexity index is 544. The van der Waals surface area contributed by atoms with Crippen molar-refractivity contribution in [3.63, 3.8) is 0 Å². The number of para-hydroxylation sites is 1. The molecule has 0 saturated carbocycles. The van der Waals surface area contributed by atoms with E-state index in [1.807, 2.05) is 0 Å². The van der Waals surface area contributed by atoms with Crippen LogP contribution in [0, 0.1) is 6.92 Å². The number of hydrogen-bond donors (Lipinski definition) is 2. The predicted molar refractivity (Wildman–Crippen MR) is 76.0 cm³/mol. The second kappa shape index (κ2) is 4.75. The molecule has 2 aromatic rings. The molecule has 1 atom stereocenters. The largest absolute Gasteiger partial charge is 0.358 e. The zero-order chi connectivity index (χ0) is 12.5. The fourth-order valence-corrected chi connectivity index (χ4v) is 2.92. The van der Waals surface area contributed by atoms with Crippen molar-refractivity contribution in [2.75, 3.05) is 26.7 Å². The number of H-pyrrole nitrogens is 1. The predicted octanol–water partition coefficient (Wildman–Crippen LogP) is 1.92. The average Bonchev–Trinajstić information content (AvgIpc) is 2.69. The van der Waals surface area contributed by atoms with Gasteiger partial charge in [0.05, 0.1) is 0 Å². The third-order valence-electron chi connectivity index (χ3n) is 4.11. The van der Waals surface area contributed by atoms with Crippen molar-refractivity contribution in [3.05, 3.63) is 35.5 Å². The molecule has 1 aromatic carbocycles. The maximum atomic E-state index is 3.49. The van der Waals surface area contributed by atoms with Crippen LogP contribution in [0.25, 0.3) is 10.9 Å². The summed E-state index contributed by atoms with van der Waals surface area (Å²) < 4.78 is 0. The number of aromatic amines is 1. The fraction of sp³-hybridized carbons (Fsp3) is 0.467. The zero-order valence-corrected chi connectivity index (χ0v) is 11.2. The molecule has 2 N–H and O–H groups in total. The molecule has 3 nitrogen and oxygen atoms in total. The Hall–Kier alpha value is -1.32. The van der Waals surface area contributed by atoms with Gasteiger partial charge in [0.1, 0.15) is 0 Å². The number of nitrogens with one attached hydrogen (secondary N) is 2. The van der Waals surface area contributed by atoms with Crippen LogP contribution in [0.3, 0.4) is 0 Å². The molecule has 96 valence electrons. The van der Waals surface area contributed by atoms with E-state index in [0.29, 0.717) is 6.04 Å². The van der Waals surface area contributed by atoms with Crippen LogP contribution in [0.5, 0.6) is 0 Å². The van der Waals surface area contributed by atoms with E-state index in [-0.39, 0.29) is 0 Å². The summed E-state index contributed by atoms with van der Waals surface area (Å²) in [5.41, 5.74) is 4.05. The molecule has 1 unspecified atom stereocenters. The molecule has 0 bridgehead atoms. The lowest BCUT2D eigenvalue weighted by molar-refractivity contribution is 0.199. The number of rotatable bonds is 2. The smallest absolute Gasteiger partial charge is 0.0458 e. The third kappa shape index (κ3) is 2.04. The Morgan fingerprint density at radius 3 is 3.00 bits per heavy atom. The average molecular weight is 243 g/mol. The van der Waals surface area contributed by atoms with Gasteiger partial charge in [0.15, 0.2) is 0 Å². The first-order valence-electron chi connectivity index (χ1n) is 6.73. The molecule has 1 fully saturated rings. The molecular weight excluding hydrogens is 222 g/mol. The van der Waals surface area contributed by atoms with E-state index < -0.39 is 0 Å². The minimum Gasteiger partial charge on any atom is -0.358 e. The number of aryl methyl sites for hydroxylation is 1. The minimum absolute atomic E-state index is 0.608. The normalized spacial score (nSPS) is 21.6. The molecule has 1 saturated heterocycles. The molecule has 0 spiro atoms. The van der Waals surface area contributed by atoms with E-state index in [9.17, 15) is 0 Å². The highest BCUT2D eigenvalue weighted by Gasteiger charge is 2.21. The SMILES string of the molecule is Cc1[nH]c2ccccc2c1CC1CNCCN1C. The van der Waals surface area contributed by atoms with Crippen molar-refractivity contribution in [1.82, 2.24) is 15.2 Å². The van der Waals surface area contributed by atoms with E-state index in [0.717, 1.165) is 26.1 Å². The van der Waals surface area contributed by atoms with Crippen LogP contribution in [0.2, 0.25) is 0 Å². The van der Waals surface area contributed by atoms with Gasteiger partial charge in [-0.15, -0.1) is 0 Å². The van der Waals surface area contributed by atoms with Crippen LogP contribution in [0.15, 0.2) is 24.3 Å². The minimum atomic E-state index is 0.608. The maximum Gasteiger partial charge on any atom is 0.0458 e. The summed E-state index contributed by atoms with van der Waals surface area (Å²) in [6.07, 6.45) is 1.12. The standard InChI is InChI=1S/C15H21N3/c1-11-14(9-12-10-16-7-8-18(12)2)13-5-3-4-6-15(13)17-11/h3-6,12,16-17H,7-10H2,1-2H3. The Labute approximate surface area is 108 Å². The third-order valence-corrected chi connectivity index (χ3v) is 4.11. The quantitative estimate of drug-likeness (QED) is 0.844. The van der Waals surface area contributed by atoms with Crippen LogP contribution >= 0.6 is 0 Å². The lowest BCUT2D eigenvalue weighted by atomic mass is 10.0. The van der Waals surface area contributed by atoms with Crippen LogP contribution in [-0.2, 0) is 6.42 Å². The van der Waals surface area contributed by atoms with Crippen LogP contribution in [-0.4, -0.2) is 42.6 Å². The molecule has 0 aliphatic carbocycles. The Kier molecular flexibility index (Phi) is 3.10. The molecule has 0 radical (unpaired) electrons. The van der Waals surface area contributed by atoms with Gasteiger partial charge in [-0.2, -0.15) is 0 Å². The zero-order valence-electron chi connectivity index (χ0n) is 11.2. The van der Waals surface area contributed by atoms with E-state index in [1.165, 1.54) is 22.2 Å². The highest BCUT2D eigenvalue weighted by atomic mass is 15.2. The lowest BCUT2D eigenvalue weighted by Gasteiger charge is -2.33. The van der Waals surface area contributed by atoms with E-state index >= 15 is 0 Å². The van der Waals surface area contributed by atoms with Gasteiger partial charge in [0.25, 0.3) is 0 Å². The van der Waals surface area contributed by atoms with Gasteiger partial charge >= 0.3 is 0 Å². The van der Waals surface area contributed by atoms with Crippen molar-refractivity contribution >= 4 is 10.9 Å². The first-order valence-corrected chi connectivity index (χ1v) is 6.73. The summed E-state index contributed by atoms with van der Waals surface area (Å²) >= 11 is 0. The van der Waals surface area contributed by atoms with Gasteiger partial charge in [0, 0.05) is 42.3 Å². The summed E-state index contributed by atoms with van der Waals surface area (Å²) in [6, 6.07) is 9.22. The van der Waals surface area contributed by atoms with Gasteiger partial charge in [-0.05, 0) is 32.0 Å². The van der Waals surface area contributed by atoms with Crippen LogP contribution < -0.4 is 5.32 Å². The fourth-order valence-electron chi connectivity index (χ4n) is 2.92.